The molecule has 0 unspecified atom stereocenters. The highest BCUT2D eigenvalue weighted by Gasteiger charge is 2.22. The Hall–Kier alpha value is -3.19. The molecule has 1 atom stereocenters. The topological polar surface area (TPSA) is 78.0 Å². The van der Waals surface area contributed by atoms with Gasteiger partial charge >= 0.3 is 0 Å². The molecule has 0 fully saturated rings. The van der Waals surface area contributed by atoms with E-state index < -0.39 is 0 Å². The minimum atomic E-state index is -0.0383. The lowest BCUT2D eigenvalue weighted by molar-refractivity contribution is 0.196. The van der Waals surface area contributed by atoms with Crippen LogP contribution >= 0.6 is 0 Å². The van der Waals surface area contributed by atoms with Gasteiger partial charge in [0.25, 0.3) is 0 Å². The number of aromatic nitrogens is 5. The van der Waals surface area contributed by atoms with Crippen LogP contribution < -0.4 is 4.74 Å². The smallest absolute Gasteiger partial charge is 0.159 e. The lowest BCUT2D eigenvalue weighted by atomic mass is 10.1. The highest BCUT2D eigenvalue weighted by molar-refractivity contribution is 5.81. The zero-order valence-corrected chi connectivity index (χ0v) is 18.0. The third-order valence-electron chi connectivity index (χ3n) is 5.53. The number of methoxy groups -OCH3 is 1. The molecule has 4 aromatic rings. The number of hydrogen-bond acceptors (Lipinski definition) is 5. The second-order valence-corrected chi connectivity index (χ2v) is 7.88. The van der Waals surface area contributed by atoms with Crippen molar-refractivity contribution in [1.82, 2.24) is 24.3 Å². The van der Waals surface area contributed by atoms with Crippen molar-refractivity contribution < 1.29 is 9.84 Å². The molecule has 156 valence electrons. The second-order valence-electron chi connectivity index (χ2n) is 7.88. The van der Waals surface area contributed by atoms with Crippen LogP contribution in [-0.2, 0) is 0 Å². The predicted molar refractivity (Wildman–Crippen MR) is 117 cm³/mol. The fourth-order valence-electron chi connectivity index (χ4n) is 3.85. The SMILES string of the molecule is COc1cc(-n2cccn2)ccc1-c1nc2c(C)cn([C@H](CO)C(C)C)c2nc1C. The lowest BCUT2D eigenvalue weighted by Gasteiger charge is -2.21. The number of aliphatic hydroxyl groups is 1. The molecule has 0 aliphatic carbocycles. The minimum Gasteiger partial charge on any atom is -0.496 e. The van der Waals surface area contributed by atoms with Crippen LogP contribution in [0.15, 0.2) is 42.9 Å². The van der Waals surface area contributed by atoms with E-state index in [0.29, 0.717) is 5.75 Å². The van der Waals surface area contributed by atoms with Crippen molar-refractivity contribution in [2.45, 2.75) is 33.7 Å². The first-order valence-corrected chi connectivity index (χ1v) is 10.1. The van der Waals surface area contributed by atoms with Crippen molar-refractivity contribution in [1.29, 1.82) is 0 Å². The van der Waals surface area contributed by atoms with Gasteiger partial charge in [0, 0.05) is 30.2 Å². The molecule has 3 aromatic heterocycles. The van der Waals surface area contributed by atoms with Crippen molar-refractivity contribution in [3.8, 4) is 22.7 Å². The molecule has 0 bridgehead atoms. The summed E-state index contributed by atoms with van der Waals surface area (Å²) in [6.45, 7) is 8.25. The largest absolute Gasteiger partial charge is 0.496 e. The van der Waals surface area contributed by atoms with Gasteiger partial charge in [0.15, 0.2) is 5.65 Å². The molecule has 7 nitrogen and oxygen atoms in total. The van der Waals surface area contributed by atoms with E-state index in [0.717, 1.165) is 39.4 Å². The summed E-state index contributed by atoms with van der Waals surface area (Å²) in [7, 11) is 1.66. The highest BCUT2D eigenvalue weighted by atomic mass is 16.5. The Morgan fingerprint density at radius 1 is 1.17 bits per heavy atom. The zero-order chi connectivity index (χ0) is 21.4. The van der Waals surface area contributed by atoms with Crippen LogP contribution in [0.3, 0.4) is 0 Å². The first kappa shape index (κ1) is 20.1. The molecule has 1 aromatic carbocycles. The van der Waals surface area contributed by atoms with Crippen LogP contribution in [-0.4, -0.2) is 43.1 Å². The Bertz CT molecular complexity index is 1180. The van der Waals surface area contributed by atoms with Crippen LogP contribution in [0.2, 0.25) is 0 Å². The maximum absolute atomic E-state index is 9.90. The summed E-state index contributed by atoms with van der Waals surface area (Å²) in [6, 6.07) is 7.79. The number of rotatable bonds is 6. The molecular weight excluding hydrogens is 378 g/mol. The Kier molecular flexibility index (Phi) is 5.30. The Morgan fingerprint density at radius 2 is 1.97 bits per heavy atom. The molecule has 1 N–H and O–H groups in total. The Morgan fingerprint density at radius 3 is 2.60 bits per heavy atom. The minimum absolute atomic E-state index is 0.0383. The molecule has 0 amide bonds. The van der Waals surface area contributed by atoms with Crippen LogP contribution in [0.25, 0.3) is 28.1 Å². The van der Waals surface area contributed by atoms with Crippen LogP contribution in [0.4, 0.5) is 0 Å². The molecule has 0 saturated carbocycles. The molecule has 0 spiro atoms. The predicted octanol–water partition coefficient (Wildman–Crippen LogP) is 4.10. The number of aliphatic hydroxyl groups excluding tert-OH is 1. The van der Waals surface area contributed by atoms with E-state index in [4.69, 9.17) is 14.7 Å². The Labute approximate surface area is 176 Å². The Balaban J connectivity index is 1.86. The summed E-state index contributed by atoms with van der Waals surface area (Å²) >= 11 is 0. The number of hydrogen-bond donors (Lipinski definition) is 1. The van der Waals surface area contributed by atoms with Gasteiger partial charge in [0.05, 0.1) is 36.8 Å². The summed E-state index contributed by atoms with van der Waals surface area (Å²) in [4.78, 5) is 9.86. The average molecular weight is 406 g/mol. The molecule has 3 heterocycles. The van der Waals surface area contributed by atoms with E-state index in [-0.39, 0.29) is 18.6 Å². The number of nitrogens with zero attached hydrogens (tertiary/aromatic N) is 5. The summed E-state index contributed by atoms with van der Waals surface area (Å²) in [5.41, 5.74) is 6.07. The third kappa shape index (κ3) is 3.35. The monoisotopic (exact) mass is 405 g/mol. The van der Waals surface area contributed by atoms with E-state index in [1.807, 2.05) is 50.5 Å². The zero-order valence-electron chi connectivity index (χ0n) is 18.0. The molecule has 0 saturated heterocycles. The molecular formula is C23H27N5O2. The lowest BCUT2D eigenvalue weighted by Crippen LogP contribution is -2.18. The molecule has 0 aliphatic rings. The van der Waals surface area contributed by atoms with Crippen molar-refractivity contribution in [2.24, 2.45) is 5.92 Å². The molecule has 30 heavy (non-hydrogen) atoms. The van der Waals surface area contributed by atoms with Crippen molar-refractivity contribution >= 4 is 11.2 Å². The summed E-state index contributed by atoms with van der Waals surface area (Å²) < 4.78 is 9.52. The van der Waals surface area contributed by atoms with Gasteiger partial charge in [-0.2, -0.15) is 5.10 Å². The standard InChI is InChI=1S/C23H27N5O2/c1-14(2)19(13-29)27-12-15(3)21-23(27)25-16(4)22(26-21)18-8-7-17(11-20(18)30-5)28-10-6-9-24-28/h6-12,14,19,29H,13H2,1-5H3/t19-/m1/s1. The van der Waals surface area contributed by atoms with E-state index in [1.165, 1.54) is 0 Å². The van der Waals surface area contributed by atoms with Crippen molar-refractivity contribution in [3.63, 3.8) is 0 Å². The van der Waals surface area contributed by atoms with Crippen LogP contribution in [0, 0.1) is 19.8 Å². The van der Waals surface area contributed by atoms with Gasteiger partial charge in [0.2, 0.25) is 0 Å². The number of aryl methyl sites for hydroxylation is 2. The highest BCUT2D eigenvalue weighted by Crippen LogP contribution is 2.34. The fraction of sp³-hybridized carbons (Fsp3) is 0.348. The van der Waals surface area contributed by atoms with Crippen LogP contribution in [0.1, 0.15) is 31.1 Å². The van der Waals surface area contributed by atoms with Gasteiger partial charge in [0.1, 0.15) is 11.3 Å². The summed E-state index contributed by atoms with van der Waals surface area (Å²) in [5.74, 6) is 0.994. The summed E-state index contributed by atoms with van der Waals surface area (Å²) in [6.07, 6.45) is 5.67. The second kappa shape index (κ2) is 7.91. The first-order chi connectivity index (χ1) is 14.4. The molecule has 4 rings (SSSR count). The van der Waals surface area contributed by atoms with Gasteiger partial charge < -0.3 is 14.4 Å². The van der Waals surface area contributed by atoms with E-state index >= 15 is 0 Å². The van der Waals surface area contributed by atoms with Crippen molar-refractivity contribution in [2.75, 3.05) is 13.7 Å². The maximum atomic E-state index is 9.90. The number of fused-ring (bicyclic) bond motifs is 1. The maximum Gasteiger partial charge on any atom is 0.159 e. The fourth-order valence-corrected chi connectivity index (χ4v) is 3.85. The van der Waals surface area contributed by atoms with Gasteiger partial charge in [-0.15, -0.1) is 0 Å². The summed E-state index contributed by atoms with van der Waals surface area (Å²) in [5, 5.41) is 14.2. The van der Waals surface area contributed by atoms with E-state index in [2.05, 4.69) is 23.5 Å². The number of benzene rings is 1. The first-order valence-electron chi connectivity index (χ1n) is 10.1. The van der Waals surface area contributed by atoms with Crippen molar-refractivity contribution in [3.05, 3.63) is 54.1 Å². The molecule has 0 radical (unpaired) electrons. The molecule has 7 heteroatoms. The van der Waals surface area contributed by atoms with E-state index in [9.17, 15) is 5.11 Å². The molecule has 0 aliphatic heterocycles. The van der Waals surface area contributed by atoms with Gasteiger partial charge in [-0.25, -0.2) is 14.6 Å². The van der Waals surface area contributed by atoms with Gasteiger partial charge in [-0.1, -0.05) is 13.8 Å². The van der Waals surface area contributed by atoms with Gasteiger partial charge in [-0.3, -0.25) is 0 Å². The average Bonchev–Trinajstić information content (AvgIpc) is 3.36. The third-order valence-corrected chi connectivity index (χ3v) is 5.53. The quantitative estimate of drug-likeness (QED) is 0.523. The van der Waals surface area contributed by atoms with Crippen LogP contribution in [0.5, 0.6) is 5.75 Å². The number of ether oxygens (including phenoxy) is 1. The van der Waals surface area contributed by atoms with Gasteiger partial charge in [-0.05, 0) is 43.5 Å². The normalized spacial score (nSPS) is 12.6. The van der Waals surface area contributed by atoms with E-state index in [1.54, 1.807) is 18.0 Å².